The molecule has 0 spiro atoms. The Morgan fingerprint density at radius 2 is 1.48 bits per heavy atom. The van der Waals surface area contributed by atoms with E-state index in [0.717, 1.165) is 0 Å². The van der Waals surface area contributed by atoms with Gasteiger partial charge in [0, 0.05) is 5.02 Å². The molecule has 5 nitrogen and oxygen atoms in total. The Hall–Kier alpha value is -1.53. The molecule has 2 aromatic carbocycles. The first-order valence-electron chi connectivity index (χ1n) is 5.61. The van der Waals surface area contributed by atoms with Gasteiger partial charge in [-0.2, -0.15) is 0 Å². The number of halogens is 1. The van der Waals surface area contributed by atoms with Crippen LogP contribution < -0.4 is 5.32 Å². The molecule has 0 bridgehead atoms. The molecule has 0 aliphatic heterocycles. The zero-order chi connectivity index (χ0) is 14.7. The Kier molecular flexibility index (Phi) is 6.23. The minimum absolute atomic E-state index is 0. The Balaban J connectivity index is 0.00000220. The predicted octanol–water partition coefficient (Wildman–Crippen LogP) is 2.83. The zero-order valence-electron chi connectivity index (χ0n) is 10.1. The van der Waals surface area contributed by atoms with Crippen molar-refractivity contribution in [3.63, 3.8) is 0 Å². The minimum atomic E-state index is -1.13. The molecule has 21 heavy (non-hydrogen) atoms. The van der Waals surface area contributed by atoms with E-state index in [-0.39, 0.29) is 46.4 Å². The molecule has 104 valence electrons. The quantitative estimate of drug-likeness (QED) is 0.755. The summed E-state index contributed by atoms with van der Waals surface area (Å²) >= 11 is 5.84. The van der Waals surface area contributed by atoms with Gasteiger partial charge in [-0.25, -0.2) is 9.59 Å². The average Bonchev–Trinajstić information content (AvgIpc) is 2.38. The second kappa shape index (κ2) is 7.47. The molecule has 0 amide bonds. The van der Waals surface area contributed by atoms with Crippen molar-refractivity contribution in [2.45, 2.75) is 0 Å². The molecular formula is C14H11ClNNaO4. The van der Waals surface area contributed by atoms with Crippen LogP contribution in [-0.2, 0) is 0 Å². The topological polar surface area (TPSA) is 86.6 Å². The standard InChI is InChI=1S/C14H10ClNO4.Na.H/c15-8-5-6-10(14(19)20)12(7-8)16-11-4-2-1-3-9(11)13(17)18;;/h1-7,16H,(H,17,18)(H,19,20);;. The summed E-state index contributed by atoms with van der Waals surface area (Å²) in [5.41, 5.74) is 0.585. The molecular weight excluding hydrogens is 305 g/mol. The van der Waals surface area contributed by atoms with E-state index in [9.17, 15) is 9.59 Å². The molecule has 0 saturated heterocycles. The van der Waals surface area contributed by atoms with Crippen molar-refractivity contribution in [2.24, 2.45) is 0 Å². The molecule has 2 aromatic rings. The molecule has 0 atom stereocenters. The molecule has 0 fully saturated rings. The average molecular weight is 316 g/mol. The summed E-state index contributed by atoms with van der Waals surface area (Å²) in [5, 5.41) is 21.4. The van der Waals surface area contributed by atoms with Crippen molar-refractivity contribution < 1.29 is 19.8 Å². The Bertz CT molecular complexity index is 690. The summed E-state index contributed by atoms with van der Waals surface area (Å²) in [4.78, 5) is 22.3. The maximum absolute atomic E-state index is 11.1. The molecule has 0 radical (unpaired) electrons. The van der Waals surface area contributed by atoms with E-state index in [4.69, 9.17) is 21.8 Å². The van der Waals surface area contributed by atoms with Crippen molar-refractivity contribution >= 4 is 64.5 Å². The van der Waals surface area contributed by atoms with Gasteiger partial charge in [0.15, 0.2) is 0 Å². The second-order valence-corrected chi connectivity index (χ2v) is 4.41. The maximum atomic E-state index is 11.1. The van der Waals surface area contributed by atoms with Crippen LogP contribution in [0.3, 0.4) is 0 Å². The van der Waals surface area contributed by atoms with Crippen LogP contribution in [0, 0.1) is 0 Å². The normalized spacial score (nSPS) is 9.57. The number of benzene rings is 2. The van der Waals surface area contributed by atoms with Crippen LogP contribution in [0.15, 0.2) is 42.5 Å². The number of carboxylic acids is 2. The summed E-state index contributed by atoms with van der Waals surface area (Å²) in [7, 11) is 0. The second-order valence-electron chi connectivity index (χ2n) is 3.97. The fourth-order valence-corrected chi connectivity index (χ4v) is 1.90. The first-order chi connectivity index (χ1) is 9.49. The molecule has 0 heterocycles. The van der Waals surface area contributed by atoms with Gasteiger partial charge < -0.3 is 15.5 Å². The Labute approximate surface area is 147 Å². The molecule has 0 aromatic heterocycles. The SMILES string of the molecule is O=C(O)c1ccccc1Nc1cc(Cl)ccc1C(=O)O.[NaH]. The van der Waals surface area contributed by atoms with Gasteiger partial charge in [-0.1, -0.05) is 23.7 Å². The molecule has 3 N–H and O–H groups in total. The van der Waals surface area contributed by atoms with E-state index in [0.29, 0.717) is 10.7 Å². The third-order valence-electron chi connectivity index (χ3n) is 2.64. The number of aromatic carboxylic acids is 2. The van der Waals surface area contributed by atoms with Crippen LogP contribution in [0.25, 0.3) is 0 Å². The van der Waals surface area contributed by atoms with Crippen LogP contribution in [-0.4, -0.2) is 51.7 Å². The van der Waals surface area contributed by atoms with Gasteiger partial charge >= 0.3 is 41.5 Å². The molecule has 0 unspecified atom stereocenters. The van der Waals surface area contributed by atoms with Gasteiger partial charge in [0.2, 0.25) is 0 Å². The number of hydrogen-bond donors (Lipinski definition) is 3. The van der Waals surface area contributed by atoms with Crippen LogP contribution in [0.5, 0.6) is 0 Å². The summed E-state index contributed by atoms with van der Waals surface area (Å²) in [6.45, 7) is 0. The van der Waals surface area contributed by atoms with Crippen LogP contribution in [0.4, 0.5) is 11.4 Å². The molecule has 0 saturated carbocycles. The van der Waals surface area contributed by atoms with Gasteiger partial charge in [0.1, 0.15) is 0 Å². The first kappa shape index (κ1) is 17.5. The predicted molar refractivity (Wildman–Crippen MR) is 82.2 cm³/mol. The number of para-hydroxylation sites is 1. The van der Waals surface area contributed by atoms with Crippen molar-refractivity contribution in [3.05, 3.63) is 58.6 Å². The van der Waals surface area contributed by atoms with Gasteiger partial charge in [-0.05, 0) is 30.3 Å². The molecule has 2 rings (SSSR count). The van der Waals surface area contributed by atoms with E-state index >= 15 is 0 Å². The number of carboxylic acid groups (broad SMARTS) is 2. The summed E-state index contributed by atoms with van der Waals surface area (Å²) in [6, 6.07) is 10.5. The van der Waals surface area contributed by atoms with E-state index < -0.39 is 11.9 Å². The fourth-order valence-electron chi connectivity index (χ4n) is 1.73. The monoisotopic (exact) mass is 315 g/mol. The van der Waals surface area contributed by atoms with Crippen molar-refractivity contribution in [2.75, 3.05) is 5.32 Å². The van der Waals surface area contributed by atoms with Crippen LogP contribution in [0.2, 0.25) is 5.02 Å². The van der Waals surface area contributed by atoms with Crippen molar-refractivity contribution in [3.8, 4) is 0 Å². The zero-order valence-corrected chi connectivity index (χ0v) is 10.9. The number of carbonyl (C=O) groups is 2. The number of anilines is 2. The van der Waals surface area contributed by atoms with Crippen LogP contribution >= 0.6 is 11.6 Å². The Morgan fingerprint density at radius 3 is 2.10 bits per heavy atom. The molecule has 7 heteroatoms. The first-order valence-corrected chi connectivity index (χ1v) is 5.99. The summed E-state index contributed by atoms with van der Waals surface area (Å²) in [5.74, 6) is -2.23. The third kappa shape index (κ3) is 4.22. The fraction of sp³-hybridized carbons (Fsp3) is 0. The van der Waals surface area contributed by atoms with Gasteiger partial charge in [-0.15, -0.1) is 0 Å². The van der Waals surface area contributed by atoms with E-state index in [2.05, 4.69) is 5.32 Å². The van der Waals surface area contributed by atoms with E-state index in [1.807, 2.05) is 0 Å². The summed E-state index contributed by atoms with van der Waals surface area (Å²) < 4.78 is 0. The summed E-state index contributed by atoms with van der Waals surface area (Å²) in [6.07, 6.45) is 0. The Morgan fingerprint density at radius 1 is 0.905 bits per heavy atom. The number of nitrogens with one attached hydrogen (secondary N) is 1. The molecule has 0 aliphatic carbocycles. The number of hydrogen-bond acceptors (Lipinski definition) is 3. The van der Waals surface area contributed by atoms with Crippen molar-refractivity contribution in [1.29, 1.82) is 0 Å². The van der Waals surface area contributed by atoms with Gasteiger partial charge in [0.05, 0.1) is 22.5 Å². The van der Waals surface area contributed by atoms with Gasteiger partial charge in [0.25, 0.3) is 0 Å². The van der Waals surface area contributed by atoms with Gasteiger partial charge in [-0.3, -0.25) is 0 Å². The third-order valence-corrected chi connectivity index (χ3v) is 2.87. The molecule has 0 aliphatic rings. The van der Waals surface area contributed by atoms with Crippen LogP contribution in [0.1, 0.15) is 20.7 Å². The number of rotatable bonds is 4. The van der Waals surface area contributed by atoms with E-state index in [1.165, 1.54) is 24.3 Å². The van der Waals surface area contributed by atoms with E-state index in [1.54, 1.807) is 18.2 Å². The van der Waals surface area contributed by atoms with Crippen molar-refractivity contribution in [1.82, 2.24) is 0 Å².